The Hall–Kier alpha value is -1.75. The summed E-state index contributed by atoms with van der Waals surface area (Å²) in [6.07, 6.45) is 1.54. The van der Waals surface area contributed by atoms with Crippen molar-refractivity contribution in [1.82, 2.24) is 4.98 Å². The zero-order valence-electron chi connectivity index (χ0n) is 10.2. The number of halogens is 1. The largest absolute Gasteiger partial charge is 0.481 e. The second-order valence-corrected chi connectivity index (χ2v) is 5.17. The summed E-state index contributed by atoms with van der Waals surface area (Å²) >= 11 is 5.91. The van der Waals surface area contributed by atoms with Crippen molar-refractivity contribution in [2.45, 2.75) is 12.8 Å². The van der Waals surface area contributed by atoms with Gasteiger partial charge in [-0.1, -0.05) is 11.6 Å². The second kappa shape index (κ2) is 4.74. The minimum absolute atomic E-state index is 0.354. The second-order valence-electron chi connectivity index (χ2n) is 4.73. The van der Waals surface area contributed by atoms with Crippen molar-refractivity contribution in [3.05, 3.63) is 23.2 Å². The highest BCUT2D eigenvalue weighted by Crippen LogP contribution is 2.27. The number of benzene rings is 1. The number of hydrogen-bond donors (Lipinski definition) is 1. The number of carbonyl (C=O) groups is 1. The van der Waals surface area contributed by atoms with Crippen LogP contribution in [-0.2, 0) is 4.79 Å². The van der Waals surface area contributed by atoms with Crippen LogP contribution >= 0.6 is 11.6 Å². The summed E-state index contributed by atoms with van der Waals surface area (Å²) < 4.78 is 5.65. The van der Waals surface area contributed by atoms with E-state index < -0.39 is 5.97 Å². The SMILES string of the molecule is O=C(O)[C@@H]1CCCN(c2nc3cc(Cl)ccc3o2)C1. The summed E-state index contributed by atoms with van der Waals surface area (Å²) in [6.45, 7) is 1.21. The molecule has 0 saturated carbocycles. The molecule has 6 heteroatoms. The minimum atomic E-state index is -0.760. The van der Waals surface area contributed by atoms with E-state index in [1.54, 1.807) is 18.2 Å². The third kappa shape index (κ3) is 2.38. The van der Waals surface area contributed by atoms with Gasteiger partial charge < -0.3 is 14.4 Å². The molecule has 2 aromatic rings. The Kier molecular flexibility index (Phi) is 3.06. The molecule has 1 aromatic carbocycles. The molecule has 1 aliphatic rings. The number of carboxylic acids is 1. The summed E-state index contributed by atoms with van der Waals surface area (Å²) in [5, 5.41) is 9.69. The molecule has 2 heterocycles. The van der Waals surface area contributed by atoms with E-state index >= 15 is 0 Å². The van der Waals surface area contributed by atoms with Crippen molar-refractivity contribution in [2.24, 2.45) is 5.92 Å². The van der Waals surface area contributed by atoms with Crippen LogP contribution in [0.1, 0.15) is 12.8 Å². The number of oxazole rings is 1. The van der Waals surface area contributed by atoms with Crippen molar-refractivity contribution in [1.29, 1.82) is 0 Å². The van der Waals surface area contributed by atoms with Crippen LogP contribution in [0.3, 0.4) is 0 Å². The molecule has 1 atom stereocenters. The molecule has 19 heavy (non-hydrogen) atoms. The van der Waals surface area contributed by atoms with Crippen LogP contribution in [0.25, 0.3) is 11.1 Å². The van der Waals surface area contributed by atoms with Gasteiger partial charge in [0.05, 0.1) is 5.92 Å². The monoisotopic (exact) mass is 280 g/mol. The van der Waals surface area contributed by atoms with Crippen LogP contribution in [-0.4, -0.2) is 29.1 Å². The zero-order chi connectivity index (χ0) is 13.4. The normalized spacial score (nSPS) is 19.8. The lowest BCUT2D eigenvalue weighted by atomic mass is 9.99. The first-order valence-electron chi connectivity index (χ1n) is 6.17. The Morgan fingerprint density at radius 3 is 3.16 bits per heavy atom. The van der Waals surface area contributed by atoms with Gasteiger partial charge >= 0.3 is 5.97 Å². The first kappa shape index (κ1) is 12.3. The van der Waals surface area contributed by atoms with E-state index in [0.29, 0.717) is 35.1 Å². The number of fused-ring (bicyclic) bond motifs is 1. The van der Waals surface area contributed by atoms with E-state index in [4.69, 9.17) is 21.1 Å². The number of carboxylic acid groups (broad SMARTS) is 1. The number of nitrogens with zero attached hydrogens (tertiary/aromatic N) is 2. The average Bonchev–Trinajstić information content (AvgIpc) is 2.81. The van der Waals surface area contributed by atoms with Crippen LogP contribution < -0.4 is 4.90 Å². The van der Waals surface area contributed by atoms with Gasteiger partial charge in [0.1, 0.15) is 5.52 Å². The van der Waals surface area contributed by atoms with Crippen LogP contribution in [0, 0.1) is 5.92 Å². The topological polar surface area (TPSA) is 66.6 Å². The molecule has 1 aromatic heterocycles. The fourth-order valence-electron chi connectivity index (χ4n) is 2.38. The predicted octanol–water partition coefficient (Wildman–Crippen LogP) is 2.78. The highest BCUT2D eigenvalue weighted by molar-refractivity contribution is 6.31. The van der Waals surface area contributed by atoms with Gasteiger partial charge in [0.15, 0.2) is 5.58 Å². The van der Waals surface area contributed by atoms with Gasteiger partial charge in [-0.25, -0.2) is 0 Å². The van der Waals surface area contributed by atoms with Gasteiger partial charge in [0, 0.05) is 18.1 Å². The molecule has 3 rings (SSSR count). The number of hydrogen-bond acceptors (Lipinski definition) is 4. The van der Waals surface area contributed by atoms with E-state index in [-0.39, 0.29) is 5.92 Å². The molecule has 1 aliphatic heterocycles. The van der Waals surface area contributed by atoms with Gasteiger partial charge in [-0.3, -0.25) is 4.79 Å². The maximum atomic E-state index is 11.1. The van der Waals surface area contributed by atoms with Crippen molar-refractivity contribution in [2.75, 3.05) is 18.0 Å². The number of piperidine rings is 1. The Balaban J connectivity index is 1.89. The molecule has 0 bridgehead atoms. The molecule has 1 fully saturated rings. The molecule has 5 nitrogen and oxygen atoms in total. The predicted molar refractivity (Wildman–Crippen MR) is 71.6 cm³/mol. The Labute approximate surface area is 114 Å². The molecular weight excluding hydrogens is 268 g/mol. The van der Waals surface area contributed by atoms with Gasteiger partial charge in [0.2, 0.25) is 0 Å². The number of aromatic nitrogens is 1. The molecule has 1 N–H and O–H groups in total. The van der Waals surface area contributed by atoms with E-state index in [2.05, 4.69) is 4.98 Å². The minimum Gasteiger partial charge on any atom is -0.481 e. The van der Waals surface area contributed by atoms with E-state index in [0.717, 1.165) is 13.0 Å². The van der Waals surface area contributed by atoms with E-state index in [9.17, 15) is 4.79 Å². The van der Waals surface area contributed by atoms with Crippen LogP contribution in [0.4, 0.5) is 6.01 Å². The molecule has 0 spiro atoms. The Bertz CT molecular complexity index is 625. The number of rotatable bonds is 2. The summed E-state index contributed by atoms with van der Waals surface area (Å²) in [7, 11) is 0. The summed E-state index contributed by atoms with van der Waals surface area (Å²) in [4.78, 5) is 17.3. The van der Waals surface area contributed by atoms with Crippen LogP contribution in [0.15, 0.2) is 22.6 Å². The summed E-state index contributed by atoms with van der Waals surface area (Å²) in [6, 6.07) is 5.73. The number of anilines is 1. The lowest BCUT2D eigenvalue weighted by molar-refractivity contribution is -0.141. The lowest BCUT2D eigenvalue weighted by Gasteiger charge is -2.29. The van der Waals surface area contributed by atoms with Gasteiger partial charge in [-0.2, -0.15) is 4.98 Å². The molecule has 0 unspecified atom stereocenters. The first-order chi connectivity index (χ1) is 9.13. The quantitative estimate of drug-likeness (QED) is 0.916. The fourth-order valence-corrected chi connectivity index (χ4v) is 2.54. The first-order valence-corrected chi connectivity index (χ1v) is 6.55. The van der Waals surface area contributed by atoms with Gasteiger partial charge in [0.25, 0.3) is 6.01 Å². The van der Waals surface area contributed by atoms with Crippen molar-refractivity contribution in [3.8, 4) is 0 Å². The Morgan fingerprint density at radius 2 is 2.37 bits per heavy atom. The lowest BCUT2D eigenvalue weighted by Crippen LogP contribution is -2.38. The van der Waals surface area contributed by atoms with Gasteiger partial charge in [-0.15, -0.1) is 0 Å². The van der Waals surface area contributed by atoms with Crippen LogP contribution in [0.2, 0.25) is 5.02 Å². The molecule has 0 aliphatic carbocycles. The van der Waals surface area contributed by atoms with E-state index in [1.807, 2.05) is 4.90 Å². The molecular formula is C13H13ClN2O3. The van der Waals surface area contributed by atoms with Crippen molar-refractivity contribution in [3.63, 3.8) is 0 Å². The fraction of sp³-hybridized carbons (Fsp3) is 0.385. The Morgan fingerprint density at radius 1 is 1.53 bits per heavy atom. The molecule has 100 valence electrons. The smallest absolute Gasteiger partial charge is 0.308 e. The highest BCUT2D eigenvalue weighted by Gasteiger charge is 2.27. The third-order valence-corrected chi connectivity index (χ3v) is 3.61. The standard InChI is InChI=1S/C13H13ClN2O3/c14-9-3-4-11-10(6-9)15-13(19-11)16-5-1-2-8(7-16)12(17)18/h3-4,6,8H,1-2,5,7H2,(H,17,18)/t8-/m1/s1. The summed E-state index contributed by atoms with van der Waals surface area (Å²) in [5.74, 6) is -1.11. The maximum Gasteiger partial charge on any atom is 0.308 e. The molecule has 0 amide bonds. The van der Waals surface area contributed by atoms with Crippen molar-refractivity contribution < 1.29 is 14.3 Å². The number of aliphatic carboxylic acids is 1. The summed E-state index contributed by atoms with van der Waals surface area (Å²) in [5.41, 5.74) is 1.36. The molecule has 0 radical (unpaired) electrons. The average molecular weight is 281 g/mol. The van der Waals surface area contributed by atoms with Crippen molar-refractivity contribution >= 4 is 34.7 Å². The van der Waals surface area contributed by atoms with Gasteiger partial charge in [-0.05, 0) is 31.0 Å². The van der Waals surface area contributed by atoms with Crippen LogP contribution in [0.5, 0.6) is 0 Å². The maximum absolute atomic E-state index is 11.1. The highest BCUT2D eigenvalue weighted by atomic mass is 35.5. The van der Waals surface area contributed by atoms with E-state index in [1.165, 1.54) is 0 Å². The molecule has 1 saturated heterocycles. The third-order valence-electron chi connectivity index (χ3n) is 3.38. The zero-order valence-corrected chi connectivity index (χ0v) is 10.9.